The van der Waals surface area contributed by atoms with Crippen LogP contribution < -0.4 is 0 Å². The van der Waals surface area contributed by atoms with Crippen LogP contribution in [-0.4, -0.2) is 31.6 Å². The SMILES string of the molecule is O=C1CS[C@@H](c2cn(Cc3ccc(C(F)(F)F)cc3)nn2)N1Cc1ccco1. The number of nitrogens with zero attached hydrogens (tertiary/aromatic N) is 4. The summed E-state index contributed by atoms with van der Waals surface area (Å²) in [6.07, 6.45) is -1.09. The number of alkyl halides is 3. The second-order valence-corrected chi connectivity index (χ2v) is 7.37. The summed E-state index contributed by atoms with van der Waals surface area (Å²) in [5.41, 5.74) is 0.603. The van der Waals surface area contributed by atoms with E-state index in [0.29, 0.717) is 29.3 Å². The van der Waals surface area contributed by atoms with Crippen LogP contribution >= 0.6 is 11.8 Å². The summed E-state index contributed by atoms with van der Waals surface area (Å²) < 4.78 is 44.8. The Kier molecular flexibility index (Phi) is 4.88. The number of furan rings is 1. The minimum Gasteiger partial charge on any atom is -0.467 e. The van der Waals surface area contributed by atoms with E-state index in [1.807, 2.05) is 0 Å². The van der Waals surface area contributed by atoms with Crippen LogP contribution in [0.3, 0.4) is 0 Å². The van der Waals surface area contributed by atoms with E-state index >= 15 is 0 Å². The van der Waals surface area contributed by atoms with Crippen molar-refractivity contribution in [1.29, 1.82) is 0 Å². The number of benzene rings is 1. The number of halogens is 3. The molecule has 3 heterocycles. The van der Waals surface area contributed by atoms with Crippen molar-refractivity contribution in [2.45, 2.75) is 24.6 Å². The lowest BCUT2D eigenvalue weighted by atomic mass is 10.1. The minimum atomic E-state index is -4.36. The number of carbonyl (C=O) groups excluding carboxylic acids is 1. The standard InChI is InChI=1S/C18H15F3N4O2S/c19-18(20,21)13-5-3-12(4-6-13)8-24-10-15(22-23-24)17-25(16(26)11-28-17)9-14-2-1-7-27-14/h1-7,10,17H,8-9,11H2/t17-/m0/s1. The number of aromatic nitrogens is 3. The molecule has 0 spiro atoms. The largest absolute Gasteiger partial charge is 0.467 e. The van der Waals surface area contributed by atoms with E-state index in [2.05, 4.69) is 10.3 Å². The Hall–Kier alpha value is -2.75. The second-order valence-electron chi connectivity index (χ2n) is 6.30. The number of thioether (sulfide) groups is 1. The highest BCUT2D eigenvalue weighted by atomic mass is 32.2. The molecule has 0 N–H and O–H groups in total. The van der Waals surface area contributed by atoms with Crippen LogP contribution in [-0.2, 0) is 24.1 Å². The maximum absolute atomic E-state index is 12.7. The summed E-state index contributed by atoms with van der Waals surface area (Å²) in [7, 11) is 0. The van der Waals surface area contributed by atoms with Gasteiger partial charge in [0.25, 0.3) is 0 Å². The Morgan fingerprint density at radius 3 is 2.64 bits per heavy atom. The fourth-order valence-electron chi connectivity index (χ4n) is 2.93. The molecule has 3 aromatic rings. The van der Waals surface area contributed by atoms with Crippen molar-refractivity contribution in [3.8, 4) is 0 Å². The maximum Gasteiger partial charge on any atom is 0.416 e. The molecule has 0 radical (unpaired) electrons. The molecule has 10 heteroatoms. The topological polar surface area (TPSA) is 64.2 Å². The molecule has 2 aromatic heterocycles. The van der Waals surface area contributed by atoms with E-state index in [-0.39, 0.29) is 17.8 Å². The summed E-state index contributed by atoms with van der Waals surface area (Å²) in [5.74, 6) is 1.01. The molecule has 1 amide bonds. The smallest absolute Gasteiger partial charge is 0.416 e. The fourth-order valence-corrected chi connectivity index (χ4v) is 4.05. The highest BCUT2D eigenvalue weighted by Gasteiger charge is 2.35. The zero-order valence-electron chi connectivity index (χ0n) is 14.5. The van der Waals surface area contributed by atoms with Gasteiger partial charge in [0.2, 0.25) is 5.91 Å². The van der Waals surface area contributed by atoms with E-state index in [4.69, 9.17) is 4.42 Å². The van der Waals surface area contributed by atoms with Crippen LogP contribution in [0.2, 0.25) is 0 Å². The first-order chi connectivity index (χ1) is 13.4. The summed E-state index contributed by atoms with van der Waals surface area (Å²) in [6, 6.07) is 8.49. The van der Waals surface area contributed by atoms with Gasteiger partial charge in [-0.25, -0.2) is 4.68 Å². The van der Waals surface area contributed by atoms with Crippen LogP contribution in [0.25, 0.3) is 0 Å². The average molecular weight is 408 g/mol. The molecule has 1 aliphatic rings. The Bertz CT molecular complexity index is 954. The molecule has 1 aliphatic heterocycles. The quantitative estimate of drug-likeness (QED) is 0.644. The molecule has 146 valence electrons. The first kappa shape index (κ1) is 18.6. The molecule has 1 fully saturated rings. The van der Waals surface area contributed by atoms with E-state index in [1.54, 1.807) is 34.2 Å². The normalized spacial score (nSPS) is 17.5. The number of hydrogen-bond donors (Lipinski definition) is 0. The van der Waals surface area contributed by atoms with Gasteiger partial charge in [-0.2, -0.15) is 13.2 Å². The Morgan fingerprint density at radius 1 is 1.18 bits per heavy atom. The lowest BCUT2D eigenvalue weighted by Gasteiger charge is -2.20. The zero-order chi connectivity index (χ0) is 19.7. The molecule has 0 saturated carbocycles. The van der Waals surface area contributed by atoms with Crippen molar-refractivity contribution in [3.05, 3.63) is 71.4 Å². The lowest BCUT2D eigenvalue weighted by molar-refractivity contribution is -0.137. The third-order valence-electron chi connectivity index (χ3n) is 4.31. The highest BCUT2D eigenvalue weighted by molar-refractivity contribution is 8.00. The molecule has 0 aliphatic carbocycles. The number of rotatable bonds is 5. The molecule has 1 atom stereocenters. The van der Waals surface area contributed by atoms with Crippen molar-refractivity contribution in [2.75, 3.05) is 5.75 Å². The highest BCUT2D eigenvalue weighted by Crippen LogP contribution is 2.38. The van der Waals surface area contributed by atoms with Gasteiger partial charge in [-0.1, -0.05) is 17.3 Å². The molecular weight excluding hydrogens is 393 g/mol. The van der Waals surface area contributed by atoms with Crippen molar-refractivity contribution in [2.24, 2.45) is 0 Å². The first-order valence-corrected chi connectivity index (χ1v) is 9.44. The average Bonchev–Trinajstić information content (AvgIpc) is 3.38. The van der Waals surface area contributed by atoms with Crippen molar-refractivity contribution < 1.29 is 22.4 Å². The van der Waals surface area contributed by atoms with Gasteiger partial charge >= 0.3 is 6.18 Å². The lowest BCUT2D eigenvalue weighted by Crippen LogP contribution is -2.27. The molecule has 1 aromatic carbocycles. The van der Waals surface area contributed by atoms with Gasteiger partial charge in [-0.05, 0) is 29.8 Å². The minimum absolute atomic E-state index is 0.0105. The van der Waals surface area contributed by atoms with E-state index in [9.17, 15) is 18.0 Å². The van der Waals surface area contributed by atoms with Crippen LogP contribution in [0.5, 0.6) is 0 Å². The fraction of sp³-hybridized carbons (Fsp3) is 0.278. The predicted molar refractivity (Wildman–Crippen MR) is 95.0 cm³/mol. The molecule has 0 unspecified atom stereocenters. The van der Waals surface area contributed by atoms with Gasteiger partial charge < -0.3 is 9.32 Å². The molecule has 4 rings (SSSR count). The monoisotopic (exact) mass is 408 g/mol. The summed E-state index contributed by atoms with van der Waals surface area (Å²) in [5, 5.41) is 7.93. The predicted octanol–water partition coefficient (Wildman–Crippen LogP) is 3.71. The summed E-state index contributed by atoms with van der Waals surface area (Å²) in [6.45, 7) is 0.629. The second kappa shape index (κ2) is 7.34. The molecule has 28 heavy (non-hydrogen) atoms. The van der Waals surface area contributed by atoms with Crippen LogP contribution in [0.1, 0.15) is 28.0 Å². The first-order valence-electron chi connectivity index (χ1n) is 8.40. The summed E-state index contributed by atoms with van der Waals surface area (Å²) >= 11 is 1.45. The third-order valence-corrected chi connectivity index (χ3v) is 5.53. The van der Waals surface area contributed by atoms with Gasteiger partial charge in [-0.15, -0.1) is 16.9 Å². The van der Waals surface area contributed by atoms with Gasteiger partial charge in [0.1, 0.15) is 16.8 Å². The Labute approximate surface area is 162 Å². The van der Waals surface area contributed by atoms with Crippen LogP contribution in [0.15, 0.2) is 53.3 Å². The van der Waals surface area contributed by atoms with Crippen LogP contribution in [0.4, 0.5) is 13.2 Å². The van der Waals surface area contributed by atoms with Crippen molar-refractivity contribution >= 4 is 17.7 Å². The summed E-state index contributed by atoms with van der Waals surface area (Å²) in [4.78, 5) is 13.9. The van der Waals surface area contributed by atoms with Crippen molar-refractivity contribution in [1.82, 2.24) is 19.9 Å². The number of carbonyl (C=O) groups is 1. The third kappa shape index (κ3) is 3.91. The van der Waals surface area contributed by atoms with Crippen molar-refractivity contribution in [3.63, 3.8) is 0 Å². The van der Waals surface area contributed by atoms with E-state index < -0.39 is 11.7 Å². The van der Waals surface area contributed by atoms with E-state index in [0.717, 1.165) is 12.1 Å². The molecule has 0 bridgehead atoms. The van der Waals surface area contributed by atoms with E-state index in [1.165, 1.54) is 23.9 Å². The van der Waals surface area contributed by atoms with Gasteiger partial charge in [-0.3, -0.25) is 4.79 Å². The van der Waals surface area contributed by atoms with Gasteiger partial charge in [0.15, 0.2) is 0 Å². The molecule has 1 saturated heterocycles. The van der Waals surface area contributed by atoms with Crippen LogP contribution in [0, 0.1) is 0 Å². The number of hydrogen-bond acceptors (Lipinski definition) is 5. The Morgan fingerprint density at radius 2 is 1.96 bits per heavy atom. The zero-order valence-corrected chi connectivity index (χ0v) is 15.3. The molecular formula is C18H15F3N4O2S. The Balaban J connectivity index is 1.47. The number of amides is 1. The molecule has 6 nitrogen and oxygen atoms in total. The van der Waals surface area contributed by atoms with Gasteiger partial charge in [0.05, 0.1) is 36.9 Å². The maximum atomic E-state index is 12.7. The van der Waals surface area contributed by atoms with Gasteiger partial charge in [0, 0.05) is 0 Å².